The van der Waals surface area contributed by atoms with Gasteiger partial charge in [0.1, 0.15) is 16.3 Å². The number of aliphatic hydroxyl groups is 1. The number of carbonyl (C=O) groups is 1. The van der Waals surface area contributed by atoms with Gasteiger partial charge < -0.3 is 14.4 Å². The average molecular weight is 598 g/mol. The van der Waals surface area contributed by atoms with Crippen LogP contribution in [0.25, 0.3) is 0 Å². The van der Waals surface area contributed by atoms with E-state index in [4.69, 9.17) is 4.74 Å². The molecule has 0 spiro atoms. The Morgan fingerprint density at radius 2 is 1.88 bits per heavy atom. The Balaban J connectivity index is 1.65. The summed E-state index contributed by atoms with van der Waals surface area (Å²) in [6.45, 7) is 11.9. The molecular formula is C31H39N3O5S2. The Kier molecular flexibility index (Phi) is 8.66. The number of rotatable bonds is 9. The molecule has 3 aromatic rings. The first kappa shape index (κ1) is 30.7. The van der Waals surface area contributed by atoms with Gasteiger partial charge in [-0.25, -0.2) is 9.78 Å². The number of hydrogen-bond acceptors (Lipinski definition) is 7. The van der Waals surface area contributed by atoms with E-state index in [-0.39, 0.29) is 28.2 Å². The van der Waals surface area contributed by atoms with E-state index < -0.39 is 27.0 Å². The Hall–Kier alpha value is -3.24. The Bertz CT molecular complexity index is 1570. The second-order valence-corrected chi connectivity index (χ2v) is 14.6. The molecule has 0 aliphatic carbocycles. The highest BCUT2D eigenvalue weighted by Gasteiger charge is 2.44. The van der Waals surface area contributed by atoms with Crippen molar-refractivity contribution >= 4 is 33.4 Å². The van der Waals surface area contributed by atoms with E-state index >= 15 is 0 Å². The fraction of sp³-hybridized carbons (Fsp3) is 0.419. The largest absolute Gasteiger partial charge is 0.511 e. The lowest BCUT2D eigenvalue weighted by Crippen LogP contribution is -2.44. The lowest BCUT2D eigenvalue weighted by molar-refractivity contribution is -0.164. The molecule has 2 heterocycles. The summed E-state index contributed by atoms with van der Waals surface area (Å²) in [5.41, 5.74) is 1.86. The fourth-order valence-corrected chi connectivity index (χ4v) is 7.46. The van der Waals surface area contributed by atoms with Gasteiger partial charge in [0, 0.05) is 30.8 Å². The quantitative estimate of drug-likeness (QED) is 0.265. The summed E-state index contributed by atoms with van der Waals surface area (Å²) < 4.78 is 36.3. The summed E-state index contributed by atoms with van der Waals surface area (Å²) in [4.78, 5) is 18.3. The van der Waals surface area contributed by atoms with Crippen molar-refractivity contribution in [1.82, 2.24) is 9.55 Å². The molecule has 1 aliphatic heterocycles. The number of aromatic nitrogens is 2. The lowest BCUT2D eigenvalue weighted by atomic mass is 9.80. The van der Waals surface area contributed by atoms with E-state index in [1.165, 1.54) is 10.8 Å². The second kappa shape index (κ2) is 11.6. The number of sulfonamides is 1. The molecule has 0 bridgehead atoms. The lowest BCUT2D eigenvalue weighted by Gasteiger charge is -2.40. The van der Waals surface area contributed by atoms with Crippen LogP contribution in [-0.2, 0) is 38.4 Å². The number of anilines is 1. The number of ether oxygens (including phenoxy) is 1. The number of cyclic esters (lactones) is 1. The van der Waals surface area contributed by atoms with Crippen LogP contribution in [0.15, 0.2) is 75.6 Å². The Morgan fingerprint density at radius 3 is 2.44 bits per heavy atom. The van der Waals surface area contributed by atoms with Crippen molar-refractivity contribution in [3.05, 3.63) is 82.2 Å². The van der Waals surface area contributed by atoms with Gasteiger partial charge in [0.05, 0.1) is 5.69 Å². The van der Waals surface area contributed by atoms with E-state index in [9.17, 15) is 18.3 Å². The molecule has 1 atom stereocenters. The van der Waals surface area contributed by atoms with E-state index in [1.54, 1.807) is 26.2 Å². The second-order valence-electron chi connectivity index (χ2n) is 12.0. The van der Waals surface area contributed by atoms with Gasteiger partial charge in [-0.2, -0.15) is 8.42 Å². The van der Waals surface area contributed by atoms with Gasteiger partial charge in [-0.3, -0.25) is 4.72 Å². The summed E-state index contributed by atoms with van der Waals surface area (Å²) in [6.07, 6.45) is 4.56. The monoisotopic (exact) mass is 597 g/mol. The van der Waals surface area contributed by atoms with E-state index in [1.807, 2.05) is 71.0 Å². The molecule has 10 heteroatoms. The highest BCUT2D eigenvalue weighted by atomic mass is 32.2. The van der Waals surface area contributed by atoms with Crippen molar-refractivity contribution in [1.29, 1.82) is 0 Å². The predicted octanol–water partition coefficient (Wildman–Crippen LogP) is 6.66. The minimum Gasteiger partial charge on any atom is -0.511 e. The molecule has 2 aromatic carbocycles. The number of aliphatic hydroxyl groups excluding tert-OH is 1. The number of carbonyl (C=O) groups excluding carboxylic acids is 1. The molecule has 1 aliphatic rings. The van der Waals surface area contributed by atoms with Crippen LogP contribution in [0.2, 0.25) is 0 Å². The van der Waals surface area contributed by atoms with Crippen LogP contribution in [0.3, 0.4) is 0 Å². The topological polar surface area (TPSA) is 111 Å². The zero-order chi connectivity index (χ0) is 30.2. The molecule has 0 radical (unpaired) electrons. The van der Waals surface area contributed by atoms with E-state index in [0.29, 0.717) is 17.7 Å². The number of imidazole rings is 1. The van der Waals surface area contributed by atoms with Crippen molar-refractivity contribution < 1.29 is 23.1 Å². The fourth-order valence-electron chi connectivity index (χ4n) is 4.97. The summed E-state index contributed by atoms with van der Waals surface area (Å²) in [7, 11) is -2.30. The van der Waals surface area contributed by atoms with Crippen LogP contribution in [0.4, 0.5) is 5.69 Å². The number of thioether (sulfide) groups is 1. The van der Waals surface area contributed by atoms with Crippen molar-refractivity contribution in [2.45, 2.75) is 81.9 Å². The molecule has 0 fully saturated rings. The van der Waals surface area contributed by atoms with Crippen LogP contribution < -0.4 is 4.72 Å². The van der Waals surface area contributed by atoms with Gasteiger partial charge in [-0.15, -0.1) is 0 Å². The molecule has 0 amide bonds. The molecule has 1 unspecified atom stereocenters. The highest BCUT2D eigenvalue weighted by molar-refractivity contribution is 8.04. The van der Waals surface area contributed by atoms with Gasteiger partial charge in [-0.05, 0) is 59.9 Å². The normalized spacial score (nSPS) is 18.1. The third-order valence-electron chi connectivity index (χ3n) is 7.55. The maximum absolute atomic E-state index is 13.4. The molecule has 8 nitrogen and oxygen atoms in total. The summed E-state index contributed by atoms with van der Waals surface area (Å²) >= 11 is 1.16. The third kappa shape index (κ3) is 6.64. The predicted molar refractivity (Wildman–Crippen MR) is 162 cm³/mol. The molecule has 4 rings (SSSR count). The summed E-state index contributed by atoms with van der Waals surface area (Å²) in [6, 6.07) is 13.7. The molecule has 0 saturated carbocycles. The zero-order valence-electron chi connectivity index (χ0n) is 24.7. The zero-order valence-corrected chi connectivity index (χ0v) is 26.3. The molecule has 1 aromatic heterocycles. The van der Waals surface area contributed by atoms with Crippen LogP contribution >= 0.6 is 11.8 Å². The standard InChI is InChI=1S/C31H39N3O5S2/c1-20(2)31(14-13-22-11-9-8-10-12-22)19-25(35)27(28(36)39-31)40-26-17-21(3)24(18-23(26)30(4,5)6)33-41(37,38)29-32-15-16-34(29)7/h8-12,15-18,20,33,35H,13-14,19H2,1-7H3. The first-order valence-electron chi connectivity index (χ1n) is 13.7. The van der Waals surface area contributed by atoms with Gasteiger partial charge in [0.15, 0.2) is 0 Å². The number of benzene rings is 2. The highest BCUT2D eigenvalue weighted by Crippen LogP contribution is 2.46. The maximum Gasteiger partial charge on any atom is 0.349 e. The molecule has 220 valence electrons. The van der Waals surface area contributed by atoms with Gasteiger partial charge in [0.2, 0.25) is 5.16 Å². The number of aryl methyl sites for hydroxylation is 3. The minimum absolute atomic E-state index is 0.00210. The molecule has 0 saturated heterocycles. The van der Waals surface area contributed by atoms with Crippen molar-refractivity contribution in [2.24, 2.45) is 13.0 Å². The summed E-state index contributed by atoms with van der Waals surface area (Å²) in [5, 5.41) is 11.2. The van der Waals surface area contributed by atoms with Crippen LogP contribution in [0.1, 0.15) is 64.2 Å². The number of nitrogens with zero attached hydrogens (tertiary/aromatic N) is 2. The molecule has 2 N–H and O–H groups in total. The molecule has 41 heavy (non-hydrogen) atoms. The smallest absolute Gasteiger partial charge is 0.349 e. The van der Waals surface area contributed by atoms with Gasteiger partial charge in [-0.1, -0.05) is 76.7 Å². The van der Waals surface area contributed by atoms with Crippen LogP contribution in [0.5, 0.6) is 0 Å². The minimum atomic E-state index is -3.92. The van der Waals surface area contributed by atoms with Gasteiger partial charge >= 0.3 is 5.97 Å². The Labute approximate surface area is 247 Å². The Morgan fingerprint density at radius 1 is 1.20 bits per heavy atom. The van der Waals surface area contributed by atoms with Crippen molar-refractivity contribution in [3.63, 3.8) is 0 Å². The number of hydrogen-bond donors (Lipinski definition) is 2. The average Bonchev–Trinajstić information content (AvgIpc) is 3.33. The number of esters is 1. The first-order chi connectivity index (χ1) is 19.1. The van der Waals surface area contributed by atoms with Crippen LogP contribution in [0, 0.1) is 12.8 Å². The SMILES string of the molecule is Cc1cc(SC2=C(O)CC(CCc3ccccc3)(C(C)C)OC2=O)c(C(C)(C)C)cc1NS(=O)(=O)c1nccn1C. The summed E-state index contributed by atoms with van der Waals surface area (Å²) in [5.74, 6) is -0.523. The number of nitrogens with one attached hydrogen (secondary N) is 1. The van der Waals surface area contributed by atoms with Crippen molar-refractivity contribution in [2.75, 3.05) is 4.72 Å². The maximum atomic E-state index is 13.4. The van der Waals surface area contributed by atoms with E-state index in [0.717, 1.165) is 34.2 Å². The first-order valence-corrected chi connectivity index (χ1v) is 16.0. The third-order valence-corrected chi connectivity index (χ3v) is 10.1. The van der Waals surface area contributed by atoms with E-state index in [2.05, 4.69) is 9.71 Å². The van der Waals surface area contributed by atoms with Crippen LogP contribution in [-0.4, -0.2) is 34.6 Å². The van der Waals surface area contributed by atoms with Gasteiger partial charge in [0.25, 0.3) is 10.0 Å². The molecular weight excluding hydrogens is 558 g/mol. The van der Waals surface area contributed by atoms with Crippen molar-refractivity contribution in [3.8, 4) is 0 Å².